The van der Waals surface area contributed by atoms with Crippen molar-refractivity contribution in [2.45, 2.75) is 335 Å². The minimum absolute atomic E-state index is 0.117. The van der Waals surface area contributed by atoms with Gasteiger partial charge in [-0.3, -0.25) is 19.2 Å². The van der Waals surface area contributed by atoms with E-state index in [2.05, 4.69) is 42.1 Å². The Morgan fingerprint density at radius 1 is 0.405 bits per heavy atom. The van der Waals surface area contributed by atoms with Gasteiger partial charge in [0.2, 0.25) is 0 Å². The van der Waals surface area contributed by atoms with E-state index in [1.165, 1.54) is 193 Å². The van der Waals surface area contributed by atoms with E-state index < -0.39 is 0 Å². The second kappa shape index (κ2) is 58.5. The number of esters is 2. The van der Waals surface area contributed by atoms with Gasteiger partial charge in [-0.05, 0) is 148 Å². The van der Waals surface area contributed by atoms with Gasteiger partial charge in [-0.2, -0.15) is 0 Å². The first kappa shape index (κ1) is 71.8. The Bertz CT molecular complexity index is 1060. The molecule has 2 aliphatic carbocycles. The minimum Gasteiger partial charge on any atom is -0.468 e. The second-order valence-electron chi connectivity index (χ2n) is 22.3. The van der Waals surface area contributed by atoms with Crippen LogP contribution in [0.3, 0.4) is 0 Å². The number of aliphatic hydroxyl groups is 1. The van der Waals surface area contributed by atoms with Gasteiger partial charge < -0.3 is 29.0 Å². The van der Waals surface area contributed by atoms with Gasteiger partial charge in [0.05, 0.1) is 25.0 Å². The van der Waals surface area contributed by atoms with E-state index in [9.17, 15) is 19.2 Å². The lowest BCUT2D eigenvalue weighted by atomic mass is 9.89. The van der Waals surface area contributed by atoms with Crippen LogP contribution >= 0.6 is 0 Å². The van der Waals surface area contributed by atoms with Crippen molar-refractivity contribution in [2.75, 3.05) is 39.5 Å². The highest BCUT2D eigenvalue weighted by atomic mass is 16.5. The van der Waals surface area contributed by atoms with Crippen LogP contribution in [0, 0.1) is 11.8 Å². The predicted molar refractivity (Wildman–Crippen MR) is 309 cm³/mol. The van der Waals surface area contributed by atoms with Crippen LogP contribution in [0.5, 0.6) is 0 Å². The normalized spacial score (nSPS) is 14.1. The number of aliphatic hydroxyl groups excluding tert-OH is 1. The largest absolute Gasteiger partial charge is 0.468 e. The average molecular weight is 1050 g/mol. The van der Waals surface area contributed by atoms with Crippen LogP contribution in [0.25, 0.3) is 0 Å². The molecule has 0 bridgehead atoms. The molecule has 2 rings (SSSR count). The zero-order valence-electron chi connectivity index (χ0n) is 49.4. The molecule has 0 atom stereocenters. The molecule has 10 heteroatoms. The quantitative estimate of drug-likeness (QED) is 0.0272. The lowest BCUT2D eigenvalue weighted by Crippen LogP contribution is -2.27. The second-order valence-corrected chi connectivity index (χ2v) is 22.3. The lowest BCUT2D eigenvalue weighted by Gasteiger charge is -2.24. The van der Waals surface area contributed by atoms with Crippen molar-refractivity contribution < 1.29 is 43.2 Å². The zero-order chi connectivity index (χ0) is 54.1. The highest BCUT2D eigenvalue weighted by molar-refractivity contribution is 5.73. The minimum atomic E-state index is 0.117. The highest BCUT2D eigenvalue weighted by Gasteiger charge is 2.26. The van der Waals surface area contributed by atoms with Crippen molar-refractivity contribution in [3.8, 4) is 0 Å². The fourth-order valence-corrected chi connectivity index (χ4v) is 10.6. The smallest absolute Gasteiger partial charge is 0.309 e. The summed E-state index contributed by atoms with van der Waals surface area (Å²) in [6, 6.07) is 0. The van der Waals surface area contributed by atoms with Crippen molar-refractivity contribution in [3.05, 3.63) is 0 Å². The van der Waals surface area contributed by atoms with Gasteiger partial charge >= 0.3 is 11.9 Å². The van der Waals surface area contributed by atoms with Gasteiger partial charge in [-0.1, -0.05) is 195 Å². The Hall–Kier alpha value is -2.20. The Kier molecular flexibility index (Phi) is 56.7. The molecule has 10 nitrogen and oxygen atoms in total. The summed E-state index contributed by atoms with van der Waals surface area (Å²) in [6.45, 7) is 14.4. The van der Waals surface area contributed by atoms with Crippen LogP contribution in [0.1, 0.15) is 323 Å². The van der Waals surface area contributed by atoms with Gasteiger partial charge in [0.25, 0.3) is 12.9 Å². The fourth-order valence-electron chi connectivity index (χ4n) is 10.6. The van der Waals surface area contributed by atoms with Crippen LogP contribution in [0.2, 0.25) is 0 Å². The number of carbonyl (C=O) groups is 4. The number of carbonyl (C=O) groups excluding carboxylic acids is 4. The van der Waals surface area contributed by atoms with Crippen molar-refractivity contribution in [1.82, 2.24) is 4.90 Å². The molecule has 0 radical (unpaired) electrons. The maximum Gasteiger partial charge on any atom is 0.309 e. The molecule has 0 heterocycles. The molecule has 2 aliphatic rings. The van der Waals surface area contributed by atoms with Crippen LogP contribution in [-0.2, 0) is 38.1 Å². The topological polar surface area (TPSA) is 129 Å². The van der Waals surface area contributed by atoms with Gasteiger partial charge in [0, 0.05) is 6.61 Å². The molecule has 2 saturated carbocycles. The van der Waals surface area contributed by atoms with E-state index in [1.807, 2.05) is 0 Å². The summed E-state index contributed by atoms with van der Waals surface area (Å²) < 4.78 is 21.4. The maximum absolute atomic E-state index is 12.5. The van der Waals surface area contributed by atoms with E-state index in [4.69, 9.17) is 14.6 Å². The molecule has 0 unspecified atom stereocenters. The summed E-state index contributed by atoms with van der Waals surface area (Å²) in [6.07, 6.45) is 55.9. The summed E-state index contributed by atoms with van der Waals surface area (Å²) >= 11 is 0. The number of unbranched alkanes of at least 4 members (excludes halogenated alkanes) is 25. The number of rotatable bonds is 50. The van der Waals surface area contributed by atoms with Crippen LogP contribution in [-0.4, -0.2) is 86.6 Å². The summed E-state index contributed by atoms with van der Waals surface area (Å²) in [4.78, 5) is 47.5. The van der Waals surface area contributed by atoms with E-state index in [-0.39, 0.29) is 42.6 Å². The molecular weight excluding hydrogens is 927 g/mol. The third-order valence-electron chi connectivity index (χ3n) is 15.5. The van der Waals surface area contributed by atoms with Crippen LogP contribution < -0.4 is 0 Å². The van der Waals surface area contributed by atoms with E-state index in [0.29, 0.717) is 26.2 Å². The zero-order valence-corrected chi connectivity index (χ0v) is 49.4. The monoisotopic (exact) mass is 1050 g/mol. The number of ether oxygens (including phenoxy) is 4. The first-order chi connectivity index (χ1) is 36.4. The van der Waals surface area contributed by atoms with E-state index >= 15 is 0 Å². The van der Waals surface area contributed by atoms with Gasteiger partial charge in [0.15, 0.2) is 0 Å². The molecule has 74 heavy (non-hydrogen) atoms. The molecule has 438 valence electrons. The molecule has 0 aromatic carbocycles. The van der Waals surface area contributed by atoms with E-state index in [0.717, 1.165) is 122 Å². The van der Waals surface area contributed by atoms with Crippen LogP contribution in [0.15, 0.2) is 0 Å². The third-order valence-corrected chi connectivity index (χ3v) is 15.5. The Morgan fingerprint density at radius 2 is 0.689 bits per heavy atom. The van der Waals surface area contributed by atoms with Gasteiger partial charge in [-0.25, -0.2) is 0 Å². The maximum atomic E-state index is 12.5. The summed E-state index contributed by atoms with van der Waals surface area (Å²) in [7, 11) is 0. The Balaban J connectivity index is 0.00000109. The van der Waals surface area contributed by atoms with Gasteiger partial charge in [0.1, 0.15) is 12.2 Å². The average Bonchev–Trinajstić information content (AvgIpc) is 3.42. The number of nitrogens with zero attached hydrogens (tertiary/aromatic N) is 1. The molecule has 0 aromatic heterocycles. The van der Waals surface area contributed by atoms with Crippen molar-refractivity contribution in [3.63, 3.8) is 0 Å². The molecule has 0 aromatic rings. The van der Waals surface area contributed by atoms with Crippen molar-refractivity contribution >= 4 is 24.9 Å². The molecule has 0 amide bonds. The molecule has 1 N–H and O–H groups in total. The molecule has 2 fully saturated rings. The highest BCUT2D eigenvalue weighted by Crippen LogP contribution is 2.28. The Labute approximate surface area is 457 Å². The van der Waals surface area contributed by atoms with Crippen LogP contribution in [0.4, 0.5) is 0 Å². The molecule has 0 saturated heterocycles. The summed E-state index contributed by atoms with van der Waals surface area (Å²) in [5, 5.41) is 8.87. The van der Waals surface area contributed by atoms with Crippen molar-refractivity contribution in [1.29, 1.82) is 0 Å². The first-order valence-electron chi connectivity index (χ1n) is 32.2. The predicted octanol–water partition coefficient (Wildman–Crippen LogP) is 17.7. The standard InChI is InChI=1S/2C24H46O2.C16H31NO5/c2*1-3-5-7-9-11-16-20-23(21-17-12-10-8-6-4-2)26-24(25)22-18-14-13-15-19-22;18-12-6-5-11-17(9-3-1-7-13-21-15-19)10-4-2-8-14-22-16-20/h2*22-23H,3-21H2,1-2H3;15-16,18H,1-14H2. The lowest BCUT2D eigenvalue weighted by molar-refractivity contribution is -0.157. The van der Waals surface area contributed by atoms with Gasteiger partial charge in [-0.15, -0.1) is 0 Å². The first-order valence-corrected chi connectivity index (χ1v) is 32.2. The SMILES string of the molecule is CCCCCCCCC(CCCCCCCC)OC(=O)C1CCCCC1.CCCCCCCCC(CCCCCCCC)OC(=O)C1CCCCC1.O=COCCCCCN(CCCCO)CCCCCOC=O. The fraction of sp³-hybridized carbons (Fsp3) is 0.938. The molecule has 0 spiro atoms. The number of hydrogen-bond acceptors (Lipinski definition) is 10. The third kappa shape index (κ3) is 48.2. The van der Waals surface area contributed by atoms with Crippen molar-refractivity contribution in [2.24, 2.45) is 11.8 Å². The summed E-state index contributed by atoms with van der Waals surface area (Å²) in [5.41, 5.74) is 0. The number of hydrogen-bond donors (Lipinski definition) is 1. The summed E-state index contributed by atoms with van der Waals surface area (Å²) in [5.74, 6) is 0.624. The van der Waals surface area contributed by atoms with E-state index in [1.54, 1.807) is 0 Å². The molecule has 0 aliphatic heterocycles. The molecular formula is C64H123NO9. The Morgan fingerprint density at radius 3 is 0.986 bits per heavy atom.